The molecule has 100 valence electrons. The molecule has 1 heterocycles. The smallest absolute Gasteiger partial charge is 0.266 e. The van der Waals surface area contributed by atoms with Crippen molar-refractivity contribution in [2.24, 2.45) is 0 Å². The Hall–Kier alpha value is -1.83. The fourth-order valence-electron chi connectivity index (χ4n) is 2.09. The first kappa shape index (κ1) is 13.2. The Kier molecular flexibility index (Phi) is 3.04. The molecule has 20 heavy (non-hydrogen) atoms. The maximum Gasteiger partial charge on any atom is 0.266 e. The number of imide groups is 1. The molecule has 0 saturated carbocycles. The van der Waals surface area contributed by atoms with Crippen molar-refractivity contribution in [1.29, 1.82) is 0 Å². The lowest BCUT2D eigenvalue weighted by Crippen LogP contribution is -2.29. The van der Waals surface area contributed by atoms with Crippen LogP contribution in [0.25, 0.3) is 0 Å². The third-order valence-corrected chi connectivity index (χ3v) is 4.05. The molecule has 3 rings (SSSR count). The van der Waals surface area contributed by atoms with Crippen molar-refractivity contribution < 1.29 is 18.4 Å². The maximum atomic E-state index is 13.6. The van der Waals surface area contributed by atoms with Crippen LogP contribution in [0.1, 0.15) is 20.7 Å². The van der Waals surface area contributed by atoms with Crippen molar-refractivity contribution >= 4 is 40.1 Å². The summed E-state index contributed by atoms with van der Waals surface area (Å²) in [5.74, 6) is -2.77. The van der Waals surface area contributed by atoms with E-state index in [1.54, 1.807) is 12.1 Å². The second kappa shape index (κ2) is 4.62. The summed E-state index contributed by atoms with van der Waals surface area (Å²) < 4.78 is 27.0. The van der Waals surface area contributed by atoms with Gasteiger partial charge in [-0.05, 0) is 46.9 Å². The number of anilines is 1. The predicted molar refractivity (Wildman–Crippen MR) is 76.7 cm³/mol. The number of amides is 2. The van der Waals surface area contributed by atoms with Crippen LogP contribution < -0.4 is 4.90 Å². The van der Waals surface area contributed by atoms with Gasteiger partial charge in [-0.25, -0.2) is 13.7 Å². The quantitative estimate of drug-likeness (QED) is 0.429. The molecule has 0 fully saturated rings. The molecular weight excluding hydrogens is 379 g/mol. The van der Waals surface area contributed by atoms with E-state index in [-0.39, 0.29) is 20.4 Å². The molecule has 0 aliphatic carbocycles. The summed E-state index contributed by atoms with van der Waals surface area (Å²) in [6.45, 7) is 0. The van der Waals surface area contributed by atoms with Gasteiger partial charge < -0.3 is 0 Å². The van der Waals surface area contributed by atoms with Gasteiger partial charge >= 0.3 is 0 Å². The lowest BCUT2D eigenvalue weighted by Gasteiger charge is -2.14. The Balaban J connectivity index is 2.14. The van der Waals surface area contributed by atoms with Crippen LogP contribution in [0.4, 0.5) is 14.5 Å². The molecular formula is C14H6F2INO2. The van der Waals surface area contributed by atoms with Gasteiger partial charge in [0.05, 0.1) is 20.4 Å². The summed E-state index contributed by atoms with van der Waals surface area (Å²) >= 11 is 1.52. The van der Waals surface area contributed by atoms with Crippen LogP contribution in [-0.4, -0.2) is 11.8 Å². The second-order valence-corrected chi connectivity index (χ2v) is 5.29. The topological polar surface area (TPSA) is 37.4 Å². The zero-order valence-corrected chi connectivity index (χ0v) is 12.0. The number of nitrogens with zero attached hydrogens (tertiary/aromatic N) is 1. The summed E-state index contributed by atoms with van der Waals surface area (Å²) in [4.78, 5) is 25.1. The van der Waals surface area contributed by atoms with Crippen molar-refractivity contribution in [2.45, 2.75) is 0 Å². The third kappa shape index (κ3) is 1.82. The second-order valence-electron chi connectivity index (χ2n) is 4.21. The minimum absolute atomic E-state index is 0.105. The van der Waals surface area contributed by atoms with Crippen molar-refractivity contribution in [1.82, 2.24) is 0 Å². The molecule has 0 spiro atoms. The fraction of sp³-hybridized carbons (Fsp3) is 0. The van der Waals surface area contributed by atoms with Gasteiger partial charge in [0, 0.05) is 0 Å². The van der Waals surface area contributed by atoms with Gasteiger partial charge in [0.15, 0.2) is 0 Å². The highest BCUT2D eigenvalue weighted by Crippen LogP contribution is 2.30. The van der Waals surface area contributed by atoms with E-state index in [1.807, 2.05) is 0 Å². The van der Waals surface area contributed by atoms with Gasteiger partial charge in [-0.3, -0.25) is 9.59 Å². The summed E-state index contributed by atoms with van der Waals surface area (Å²) in [6, 6.07) is 8.23. The van der Waals surface area contributed by atoms with E-state index in [9.17, 15) is 18.4 Å². The highest BCUT2D eigenvalue weighted by molar-refractivity contribution is 14.1. The first-order valence-corrected chi connectivity index (χ1v) is 6.71. The van der Waals surface area contributed by atoms with Crippen LogP contribution in [0.15, 0.2) is 36.4 Å². The van der Waals surface area contributed by atoms with Gasteiger partial charge in [0.25, 0.3) is 11.8 Å². The van der Waals surface area contributed by atoms with Crippen molar-refractivity contribution in [3.8, 4) is 0 Å². The van der Waals surface area contributed by atoms with E-state index in [0.29, 0.717) is 0 Å². The maximum absolute atomic E-state index is 13.6. The Morgan fingerprint density at radius 3 is 1.80 bits per heavy atom. The SMILES string of the molecule is O=C1c2ccccc2C(=O)N1c1cc(F)c(I)c(F)c1. The molecule has 0 N–H and O–H groups in total. The van der Waals surface area contributed by atoms with Gasteiger partial charge in [-0.2, -0.15) is 0 Å². The molecule has 2 aromatic rings. The zero-order valence-electron chi connectivity index (χ0n) is 9.86. The van der Waals surface area contributed by atoms with Gasteiger partial charge in [0.1, 0.15) is 11.6 Å². The first-order valence-electron chi connectivity index (χ1n) is 5.63. The van der Waals surface area contributed by atoms with E-state index in [2.05, 4.69) is 0 Å². The van der Waals surface area contributed by atoms with E-state index in [4.69, 9.17) is 0 Å². The standard InChI is InChI=1S/C14H6F2INO2/c15-10-5-7(6-11(16)12(10)17)18-13(19)8-3-1-2-4-9(8)14(18)20/h1-6H. The molecule has 2 aromatic carbocycles. The molecule has 0 aromatic heterocycles. The van der Waals surface area contributed by atoms with Crippen molar-refractivity contribution in [3.63, 3.8) is 0 Å². The number of halogens is 3. The van der Waals surface area contributed by atoms with E-state index in [0.717, 1.165) is 17.0 Å². The zero-order chi connectivity index (χ0) is 14.4. The van der Waals surface area contributed by atoms with Crippen molar-refractivity contribution in [3.05, 3.63) is 62.7 Å². The highest BCUT2D eigenvalue weighted by atomic mass is 127. The normalized spacial score (nSPS) is 13.8. The van der Waals surface area contributed by atoms with Crippen LogP contribution in [0.5, 0.6) is 0 Å². The number of hydrogen-bond acceptors (Lipinski definition) is 2. The number of hydrogen-bond donors (Lipinski definition) is 0. The highest BCUT2D eigenvalue weighted by Gasteiger charge is 2.36. The predicted octanol–water partition coefficient (Wildman–Crippen LogP) is 3.37. The Morgan fingerprint density at radius 1 is 0.900 bits per heavy atom. The van der Waals surface area contributed by atoms with Gasteiger partial charge in [-0.15, -0.1) is 0 Å². The molecule has 0 atom stereocenters. The summed E-state index contributed by atoms with van der Waals surface area (Å²) in [6.07, 6.45) is 0. The summed E-state index contributed by atoms with van der Waals surface area (Å²) in [7, 11) is 0. The number of fused-ring (bicyclic) bond motifs is 1. The Bertz CT molecular complexity index is 703. The number of benzene rings is 2. The lowest BCUT2D eigenvalue weighted by atomic mass is 10.1. The third-order valence-electron chi connectivity index (χ3n) is 3.02. The van der Waals surface area contributed by atoms with Crippen LogP contribution in [-0.2, 0) is 0 Å². The molecule has 3 nitrogen and oxygen atoms in total. The van der Waals surface area contributed by atoms with Crippen molar-refractivity contribution in [2.75, 3.05) is 4.90 Å². The number of rotatable bonds is 1. The molecule has 0 radical (unpaired) electrons. The molecule has 1 aliphatic heterocycles. The van der Waals surface area contributed by atoms with Crippen LogP contribution in [0.3, 0.4) is 0 Å². The van der Waals surface area contributed by atoms with Gasteiger partial charge in [-0.1, -0.05) is 12.1 Å². The van der Waals surface area contributed by atoms with E-state index in [1.165, 1.54) is 34.7 Å². The average Bonchev–Trinajstić information content (AvgIpc) is 2.68. The number of carbonyl (C=O) groups is 2. The summed E-state index contributed by atoms with van der Waals surface area (Å²) in [5, 5.41) is 0. The van der Waals surface area contributed by atoms with Crippen LogP contribution >= 0.6 is 22.6 Å². The fourth-order valence-corrected chi connectivity index (χ4v) is 2.41. The average molecular weight is 385 g/mol. The summed E-state index contributed by atoms with van der Waals surface area (Å²) in [5.41, 5.74) is 0.361. The van der Waals surface area contributed by atoms with Gasteiger partial charge in [0.2, 0.25) is 0 Å². The monoisotopic (exact) mass is 385 g/mol. The van der Waals surface area contributed by atoms with Crippen LogP contribution in [0, 0.1) is 15.2 Å². The minimum atomic E-state index is -0.808. The van der Waals surface area contributed by atoms with E-state index >= 15 is 0 Å². The molecule has 2 amide bonds. The molecule has 0 saturated heterocycles. The molecule has 6 heteroatoms. The molecule has 1 aliphatic rings. The number of carbonyl (C=O) groups excluding carboxylic acids is 2. The Labute approximate surface area is 126 Å². The largest absolute Gasteiger partial charge is 0.268 e. The lowest BCUT2D eigenvalue weighted by molar-refractivity contribution is 0.0926. The Morgan fingerprint density at radius 2 is 1.35 bits per heavy atom. The van der Waals surface area contributed by atoms with E-state index < -0.39 is 23.4 Å². The van der Waals surface area contributed by atoms with Crippen LogP contribution in [0.2, 0.25) is 0 Å². The first-order chi connectivity index (χ1) is 9.50. The minimum Gasteiger partial charge on any atom is -0.268 e. The molecule has 0 bridgehead atoms. The molecule has 0 unspecified atom stereocenters.